The molecule has 1 fully saturated rings. The molecule has 2 aliphatic rings. The van der Waals surface area contributed by atoms with E-state index < -0.39 is 42.0 Å². The third-order valence-electron chi connectivity index (χ3n) is 9.08. The third-order valence-corrected chi connectivity index (χ3v) is 9.08. The van der Waals surface area contributed by atoms with Crippen molar-refractivity contribution in [3.05, 3.63) is 119 Å². The second-order valence-corrected chi connectivity index (χ2v) is 14.0. The molecule has 1 heterocycles. The number of nitrogens with zero attached hydrogens (tertiary/aromatic N) is 1. The van der Waals surface area contributed by atoms with Gasteiger partial charge in [0.05, 0.1) is 37.7 Å². The minimum atomic E-state index is -1.17. The van der Waals surface area contributed by atoms with Gasteiger partial charge in [0.15, 0.2) is 12.0 Å². The van der Waals surface area contributed by atoms with Gasteiger partial charge in [0.1, 0.15) is 30.2 Å². The number of aliphatic imine (C=N–C) groups is 1. The SMILES string of the molecule is CC1(C)CC(=O)C(C(CCCCC(=O)O)=N[C@@H]2O[C@H](COCc3ccccc3)[C@H](O)[C@H](OCc3ccccc3)[C@H]2OCc2ccccc2)=C(O)C1. The van der Waals surface area contributed by atoms with Gasteiger partial charge >= 0.3 is 5.97 Å². The van der Waals surface area contributed by atoms with E-state index in [0.29, 0.717) is 31.6 Å². The molecule has 0 amide bonds. The number of carbonyl (C=O) groups excluding carboxylic acids is 1. The van der Waals surface area contributed by atoms with Crippen molar-refractivity contribution in [2.75, 3.05) is 6.61 Å². The summed E-state index contributed by atoms with van der Waals surface area (Å²) in [5, 5.41) is 32.3. The Morgan fingerprint density at radius 2 is 1.33 bits per heavy atom. The van der Waals surface area contributed by atoms with E-state index in [1.807, 2.05) is 105 Å². The van der Waals surface area contributed by atoms with Gasteiger partial charge in [-0.25, -0.2) is 0 Å². The second-order valence-electron chi connectivity index (χ2n) is 14.0. The number of benzene rings is 3. The van der Waals surface area contributed by atoms with Gasteiger partial charge in [0, 0.05) is 19.3 Å². The molecule has 0 saturated carbocycles. The predicted octanol–water partition coefficient (Wildman–Crippen LogP) is 6.75. The van der Waals surface area contributed by atoms with Crippen molar-refractivity contribution in [2.24, 2.45) is 10.4 Å². The summed E-state index contributed by atoms with van der Waals surface area (Å²) in [6, 6.07) is 28.9. The molecule has 0 radical (unpaired) electrons. The number of rotatable bonds is 17. The molecular weight excluding hydrogens is 650 g/mol. The summed E-state index contributed by atoms with van der Waals surface area (Å²) in [6.45, 7) is 4.52. The zero-order valence-corrected chi connectivity index (χ0v) is 29.4. The third kappa shape index (κ3) is 11.1. The topological polar surface area (TPSA) is 144 Å². The maximum absolute atomic E-state index is 13.6. The summed E-state index contributed by atoms with van der Waals surface area (Å²) in [4.78, 5) is 29.9. The number of hydrogen-bond acceptors (Lipinski definition) is 9. The molecule has 3 aromatic carbocycles. The Balaban J connectivity index is 1.51. The van der Waals surface area contributed by atoms with Crippen molar-refractivity contribution >= 4 is 17.5 Å². The molecule has 0 unspecified atom stereocenters. The minimum absolute atomic E-state index is 0.0215. The lowest BCUT2D eigenvalue weighted by atomic mass is 9.75. The number of unbranched alkanes of at least 4 members (excludes halogenated alkanes) is 1. The van der Waals surface area contributed by atoms with E-state index in [2.05, 4.69) is 0 Å². The van der Waals surface area contributed by atoms with Crippen LogP contribution in [0.4, 0.5) is 0 Å². The number of aliphatic hydroxyl groups excluding tert-OH is 2. The van der Waals surface area contributed by atoms with Crippen molar-refractivity contribution in [1.29, 1.82) is 0 Å². The molecule has 10 nitrogen and oxygen atoms in total. The first-order valence-electron chi connectivity index (χ1n) is 17.6. The Hall–Kier alpha value is -4.19. The quantitative estimate of drug-likeness (QED) is 0.103. The number of carboxylic acid groups (broad SMARTS) is 1. The molecule has 51 heavy (non-hydrogen) atoms. The average Bonchev–Trinajstić information content (AvgIpc) is 3.10. The summed E-state index contributed by atoms with van der Waals surface area (Å²) in [5.41, 5.74) is 2.79. The van der Waals surface area contributed by atoms with Crippen LogP contribution in [0, 0.1) is 5.41 Å². The fourth-order valence-corrected chi connectivity index (χ4v) is 6.51. The van der Waals surface area contributed by atoms with E-state index in [1.54, 1.807) is 0 Å². The number of aliphatic carboxylic acids is 1. The zero-order valence-electron chi connectivity index (χ0n) is 29.4. The van der Waals surface area contributed by atoms with Crippen LogP contribution in [0.1, 0.15) is 69.1 Å². The van der Waals surface area contributed by atoms with Crippen LogP contribution in [0.2, 0.25) is 0 Å². The molecule has 5 rings (SSSR count). The van der Waals surface area contributed by atoms with Gasteiger partial charge in [-0.1, -0.05) is 105 Å². The normalized spacial score (nSPS) is 23.7. The first-order valence-corrected chi connectivity index (χ1v) is 17.6. The molecule has 0 spiro atoms. The highest BCUT2D eigenvalue weighted by atomic mass is 16.6. The lowest BCUT2D eigenvalue weighted by Gasteiger charge is -2.43. The van der Waals surface area contributed by atoms with Crippen LogP contribution in [0.5, 0.6) is 0 Å². The molecular formula is C41H49NO9. The monoisotopic (exact) mass is 699 g/mol. The van der Waals surface area contributed by atoms with Crippen molar-refractivity contribution in [3.8, 4) is 0 Å². The Bertz CT molecular complexity index is 1620. The van der Waals surface area contributed by atoms with Crippen molar-refractivity contribution < 1.29 is 43.9 Å². The standard InChI is InChI=1S/C41H49NO9/c1-41(2)22-32(43)36(33(44)23-41)31(20-12-13-21-35(45)46)42-40-39(50-26-30-18-10-5-11-19-30)38(49-25-29-16-8-4-9-17-29)37(47)34(51-40)27-48-24-28-14-6-3-7-15-28/h3-11,14-19,34,37-40,43,47H,12-13,20-27H2,1-2H3,(H,45,46)/t34-,37+,38+,39-,40-/m1/s1. The number of carboxylic acids is 1. The number of hydrogen-bond donors (Lipinski definition) is 3. The average molecular weight is 700 g/mol. The molecule has 1 saturated heterocycles. The first kappa shape index (κ1) is 38.1. The van der Waals surface area contributed by atoms with Crippen LogP contribution in [-0.4, -0.2) is 70.0 Å². The van der Waals surface area contributed by atoms with E-state index in [4.69, 9.17) is 23.9 Å². The van der Waals surface area contributed by atoms with Gasteiger partial charge < -0.3 is 34.3 Å². The summed E-state index contributed by atoms with van der Waals surface area (Å²) in [7, 11) is 0. The van der Waals surface area contributed by atoms with Gasteiger partial charge in [0.25, 0.3) is 0 Å². The first-order chi connectivity index (χ1) is 24.6. The predicted molar refractivity (Wildman–Crippen MR) is 192 cm³/mol. The molecule has 1 aliphatic heterocycles. The largest absolute Gasteiger partial charge is 0.511 e. The maximum Gasteiger partial charge on any atom is 0.303 e. The number of allylic oxidation sites excluding steroid dienone is 2. The molecule has 1 aliphatic carbocycles. The molecule has 10 heteroatoms. The number of ether oxygens (including phenoxy) is 4. The van der Waals surface area contributed by atoms with Crippen LogP contribution >= 0.6 is 0 Å². The smallest absolute Gasteiger partial charge is 0.303 e. The summed E-state index contributed by atoms with van der Waals surface area (Å²) in [6.07, 6.45) is -3.48. The summed E-state index contributed by atoms with van der Waals surface area (Å²) >= 11 is 0. The van der Waals surface area contributed by atoms with Crippen LogP contribution in [0.25, 0.3) is 0 Å². The number of carbonyl (C=O) groups is 2. The van der Waals surface area contributed by atoms with Crippen LogP contribution in [-0.2, 0) is 48.4 Å². The Labute approximate surface area is 299 Å². The molecule has 3 aromatic rings. The van der Waals surface area contributed by atoms with Gasteiger partial charge in [0.2, 0.25) is 0 Å². The Morgan fingerprint density at radius 3 is 1.88 bits per heavy atom. The molecule has 0 aromatic heterocycles. The number of aliphatic hydroxyl groups is 2. The number of ketones is 1. The highest BCUT2D eigenvalue weighted by Gasteiger charge is 2.48. The highest BCUT2D eigenvalue weighted by molar-refractivity contribution is 6.23. The fourth-order valence-electron chi connectivity index (χ4n) is 6.51. The maximum atomic E-state index is 13.6. The fraction of sp³-hybridized carbons (Fsp3) is 0.439. The zero-order chi connectivity index (χ0) is 36.2. The number of Topliss-reactive ketones (excluding diaryl/α,β-unsaturated/α-hetero) is 1. The van der Waals surface area contributed by atoms with Crippen LogP contribution in [0.15, 0.2) is 107 Å². The molecule has 0 bridgehead atoms. The van der Waals surface area contributed by atoms with Crippen LogP contribution in [0.3, 0.4) is 0 Å². The molecule has 272 valence electrons. The van der Waals surface area contributed by atoms with Gasteiger partial charge in [-0.3, -0.25) is 14.6 Å². The van der Waals surface area contributed by atoms with Crippen LogP contribution < -0.4 is 0 Å². The lowest BCUT2D eigenvalue weighted by molar-refractivity contribution is -0.258. The summed E-state index contributed by atoms with van der Waals surface area (Å²) < 4.78 is 25.5. The Morgan fingerprint density at radius 1 is 0.804 bits per heavy atom. The lowest BCUT2D eigenvalue weighted by Crippen LogP contribution is -2.60. The second kappa shape index (κ2) is 18.3. The van der Waals surface area contributed by atoms with E-state index in [0.717, 1.165) is 16.7 Å². The van der Waals surface area contributed by atoms with E-state index in [-0.39, 0.29) is 56.2 Å². The minimum Gasteiger partial charge on any atom is -0.511 e. The van der Waals surface area contributed by atoms with Crippen molar-refractivity contribution in [1.82, 2.24) is 0 Å². The highest BCUT2D eigenvalue weighted by Crippen LogP contribution is 2.37. The molecule has 5 atom stereocenters. The Kier molecular flexibility index (Phi) is 13.7. The van der Waals surface area contributed by atoms with E-state index in [9.17, 15) is 24.9 Å². The van der Waals surface area contributed by atoms with Crippen molar-refractivity contribution in [2.45, 2.75) is 103 Å². The van der Waals surface area contributed by atoms with E-state index >= 15 is 0 Å². The van der Waals surface area contributed by atoms with Gasteiger partial charge in [-0.2, -0.15) is 0 Å². The summed E-state index contributed by atoms with van der Waals surface area (Å²) in [5.74, 6) is -1.20. The van der Waals surface area contributed by atoms with Crippen molar-refractivity contribution in [3.63, 3.8) is 0 Å². The van der Waals surface area contributed by atoms with Gasteiger partial charge in [-0.05, 0) is 41.4 Å². The molecule has 3 N–H and O–H groups in total. The van der Waals surface area contributed by atoms with E-state index in [1.165, 1.54) is 0 Å². The van der Waals surface area contributed by atoms with Gasteiger partial charge in [-0.15, -0.1) is 0 Å².